The van der Waals surface area contributed by atoms with Gasteiger partial charge in [-0.05, 0) is 37.5 Å². The van der Waals surface area contributed by atoms with Gasteiger partial charge in [-0.3, -0.25) is 4.79 Å². The van der Waals surface area contributed by atoms with Crippen molar-refractivity contribution in [2.45, 2.75) is 38.2 Å². The quantitative estimate of drug-likeness (QED) is 0.790. The number of ether oxygens (including phenoxy) is 1. The summed E-state index contributed by atoms with van der Waals surface area (Å²) < 4.78 is 28.2. The Labute approximate surface area is 136 Å². The number of sulfonamides is 1. The molecule has 0 aliphatic carbocycles. The van der Waals surface area contributed by atoms with Gasteiger partial charge in [0.2, 0.25) is 10.0 Å². The number of rotatable bonds is 7. The van der Waals surface area contributed by atoms with E-state index < -0.39 is 16.1 Å². The van der Waals surface area contributed by atoms with E-state index in [1.165, 1.54) is 18.2 Å². The summed E-state index contributed by atoms with van der Waals surface area (Å²) in [5.74, 6) is 0.121. The second kappa shape index (κ2) is 7.92. The predicted octanol–water partition coefficient (Wildman–Crippen LogP) is 2.38. The van der Waals surface area contributed by atoms with E-state index in [1.807, 2.05) is 0 Å². The molecule has 0 heterocycles. The van der Waals surface area contributed by atoms with Crippen molar-refractivity contribution in [2.75, 3.05) is 11.9 Å². The maximum Gasteiger partial charge on any atom is 0.253 e. The zero-order chi connectivity index (χ0) is 16.9. The summed E-state index contributed by atoms with van der Waals surface area (Å²) in [5.41, 5.74) is 0.290. The standard InChI is InChI=1S/C14H21ClN2O4S/c1-9(2)6-7-21-10(3)14(18)17-11-4-5-12(15)13(8-11)22(16,19)20/h4-5,8-10H,6-7H2,1-3H3,(H,17,18)(H2,16,19,20). The summed E-state index contributed by atoms with van der Waals surface area (Å²) in [4.78, 5) is 11.7. The fourth-order valence-electron chi connectivity index (χ4n) is 1.60. The van der Waals surface area contributed by atoms with E-state index in [1.54, 1.807) is 6.92 Å². The Balaban J connectivity index is 2.72. The molecule has 124 valence electrons. The van der Waals surface area contributed by atoms with Crippen LogP contribution >= 0.6 is 11.6 Å². The molecular formula is C14H21ClN2O4S. The highest BCUT2D eigenvalue weighted by atomic mass is 35.5. The van der Waals surface area contributed by atoms with E-state index in [-0.39, 0.29) is 21.5 Å². The van der Waals surface area contributed by atoms with Crippen molar-refractivity contribution in [3.05, 3.63) is 23.2 Å². The number of hydrogen-bond donors (Lipinski definition) is 2. The van der Waals surface area contributed by atoms with Crippen molar-refractivity contribution in [2.24, 2.45) is 11.1 Å². The van der Waals surface area contributed by atoms with Gasteiger partial charge in [0.1, 0.15) is 11.0 Å². The Kier molecular flexibility index (Phi) is 6.80. The minimum Gasteiger partial charge on any atom is -0.369 e. The molecule has 0 saturated heterocycles. The van der Waals surface area contributed by atoms with Gasteiger partial charge in [0.25, 0.3) is 5.91 Å². The van der Waals surface area contributed by atoms with Crippen LogP contribution in [0, 0.1) is 5.92 Å². The molecule has 0 radical (unpaired) electrons. The van der Waals surface area contributed by atoms with E-state index in [0.717, 1.165) is 6.42 Å². The number of nitrogens with two attached hydrogens (primary N) is 1. The molecule has 0 fully saturated rings. The molecular weight excluding hydrogens is 328 g/mol. The van der Waals surface area contributed by atoms with Crippen molar-refractivity contribution in [1.82, 2.24) is 0 Å². The lowest BCUT2D eigenvalue weighted by Gasteiger charge is -2.15. The molecule has 6 nitrogen and oxygen atoms in total. The number of halogens is 1. The maximum absolute atomic E-state index is 12.0. The highest BCUT2D eigenvalue weighted by Crippen LogP contribution is 2.24. The first-order chi connectivity index (χ1) is 10.1. The molecule has 0 aliphatic rings. The molecule has 22 heavy (non-hydrogen) atoms. The van der Waals surface area contributed by atoms with Gasteiger partial charge in [0, 0.05) is 12.3 Å². The zero-order valence-electron chi connectivity index (χ0n) is 12.8. The van der Waals surface area contributed by atoms with Crippen LogP contribution in [-0.4, -0.2) is 27.0 Å². The maximum atomic E-state index is 12.0. The monoisotopic (exact) mass is 348 g/mol. The fraction of sp³-hybridized carbons (Fsp3) is 0.500. The minimum atomic E-state index is -3.95. The van der Waals surface area contributed by atoms with Gasteiger partial charge in [-0.15, -0.1) is 0 Å². The number of nitrogens with one attached hydrogen (secondary N) is 1. The third-order valence-electron chi connectivity index (χ3n) is 2.94. The molecule has 1 atom stereocenters. The van der Waals surface area contributed by atoms with Crippen LogP contribution in [0.25, 0.3) is 0 Å². The van der Waals surface area contributed by atoms with Gasteiger partial charge in [0.05, 0.1) is 5.02 Å². The van der Waals surface area contributed by atoms with Crippen LogP contribution < -0.4 is 10.5 Å². The largest absolute Gasteiger partial charge is 0.369 e. The van der Waals surface area contributed by atoms with E-state index in [4.69, 9.17) is 21.5 Å². The van der Waals surface area contributed by atoms with Crippen molar-refractivity contribution < 1.29 is 17.9 Å². The van der Waals surface area contributed by atoms with Crippen LogP contribution in [0.5, 0.6) is 0 Å². The Morgan fingerprint density at radius 2 is 2.00 bits per heavy atom. The van der Waals surface area contributed by atoms with Gasteiger partial charge in [-0.25, -0.2) is 13.6 Å². The first-order valence-electron chi connectivity index (χ1n) is 6.86. The number of anilines is 1. The van der Waals surface area contributed by atoms with E-state index >= 15 is 0 Å². The zero-order valence-corrected chi connectivity index (χ0v) is 14.4. The van der Waals surface area contributed by atoms with E-state index in [0.29, 0.717) is 12.5 Å². The predicted molar refractivity (Wildman–Crippen MR) is 86.3 cm³/mol. The molecule has 0 spiro atoms. The van der Waals surface area contributed by atoms with Crippen molar-refractivity contribution in [3.63, 3.8) is 0 Å². The molecule has 0 bridgehead atoms. The number of primary sulfonamides is 1. The molecule has 8 heteroatoms. The summed E-state index contributed by atoms with van der Waals surface area (Å²) in [6, 6.07) is 4.08. The first kappa shape index (κ1) is 18.9. The molecule has 1 aromatic carbocycles. The lowest BCUT2D eigenvalue weighted by atomic mass is 10.1. The number of amides is 1. The van der Waals surface area contributed by atoms with E-state index in [9.17, 15) is 13.2 Å². The lowest BCUT2D eigenvalue weighted by molar-refractivity contribution is -0.126. The average molecular weight is 349 g/mol. The summed E-state index contributed by atoms with van der Waals surface area (Å²) in [7, 11) is -3.95. The molecule has 1 unspecified atom stereocenters. The summed E-state index contributed by atoms with van der Waals surface area (Å²) in [6.45, 7) is 6.24. The van der Waals surface area contributed by atoms with Crippen LogP contribution in [0.1, 0.15) is 27.2 Å². The van der Waals surface area contributed by atoms with Gasteiger partial charge in [-0.1, -0.05) is 25.4 Å². The second-order valence-electron chi connectivity index (χ2n) is 5.38. The van der Waals surface area contributed by atoms with Gasteiger partial charge in [0.15, 0.2) is 0 Å². The third kappa shape index (κ3) is 5.92. The molecule has 1 amide bonds. The summed E-state index contributed by atoms with van der Waals surface area (Å²) in [6.07, 6.45) is 0.209. The van der Waals surface area contributed by atoms with Gasteiger partial charge >= 0.3 is 0 Å². The minimum absolute atomic E-state index is 0.00160. The molecule has 0 saturated carbocycles. The topological polar surface area (TPSA) is 98.5 Å². The molecule has 1 aromatic rings. The number of hydrogen-bond acceptors (Lipinski definition) is 4. The van der Waals surface area contributed by atoms with Crippen molar-refractivity contribution in [1.29, 1.82) is 0 Å². The van der Waals surface area contributed by atoms with Crippen LogP contribution in [0.4, 0.5) is 5.69 Å². The number of carbonyl (C=O) groups is 1. The Hall–Kier alpha value is -1.15. The molecule has 0 aromatic heterocycles. The fourth-order valence-corrected chi connectivity index (χ4v) is 2.67. The molecule has 0 aliphatic heterocycles. The van der Waals surface area contributed by atoms with E-state index in [2.05, 4.69) is 19.2 Å². The lowest BCUT2D eigenvalue weighted by Crippen LogP contribution is -2.28. The van der Waals surface area contributed by atoms with Crippen LogP contribution in [0.3, 0.4) is 0 Å². The highest BCUT2D eigenvalue weighted by molar-refractivity contribution is 7.89. The highest BCUT2D eigenvalue weighted by Gasteiger charge is 2.17. The number of benzene rings is 1. The Morgan fingerprint density at radius 3 is 2.55 bits per heavy atom. The average Bonchev–Trinajstić information content (AvgIpc) is 2.39. The normalized spacial score (nSPS) is 13.2. The summed E-state index contributed by atoms with van der Waals surface area (Å²) >= 11 is 5.78. The van der Waals surface area contributed by atoms with Gasteiger partial charge in [-0.2, -0.15) is 0 Å². The van der Waals surface area contributed by atoms with Crippen LogP contribution in [0.2, 0.25) is 5.02 Å². The Morgan fingerprint density at radius 1 is 1.36 bits per heavy atom. The number of carbonyl (C=O) groups excluding carboxylic acids is 1. The summed E-state index contributed by atoms with van der Waals surface area (Å²) in [5, 5.41) is 7.64. The Bertz CT molecular complexity index is 632. The second-order valence-corrected chi connectivity index (χ2v) is 7.31. The first-order valence-corrected chi connectivity index (χ1v) is 8.78. The van der Waals surface area contributed by atoms with Crippen LogP contribution in [0.15, 0.2) is 23.1 Å². The third-order valence-corrected chi connectivity index (χ3v) is 4.33. The van der Waals surface area contributed by atoms with Crippen molar-refractivity contribution >= 4 is 33.2 Å². The SMILES string of the molecule is CC(C)CCOC(C)C(=O)Nc1ccc(Cl)c(S(N)(=O)=O)c1. The van der Waals surface area contributed by atoms with Crippen molar-refractivity contribution in [3.8, 4) is 0 Å². The molecule has 3 N–H and O–H groups in total. The van der Waals surface area contributed by atoms with Crippen LogP contribution in [-0.2, 0) is 19.6 Å². The smallest absolute Gasteiger partial charge is 0.253 e. The molecule has 1 rings (SSSR count). The van der Waals surface area contributed by atoms with Gasteiger partial charge < -0.3 is 10.1 Å².